The van der Waals surface area contributed by atoms with Gasteiger partial charge in [0, 0.05) is 52.8 Å². The summed E-state index contributed by atoms with van der Waals surface area (Å²) >= 11 is 1.86. The first-order valence-electron chi connectivity index (χ1n) is 17.4. The van der Waals surface area contributed by atoms with Crippen LogP contribution in [0, 0.1) is 0 Å². The number of thiophene rings is 1. The van der Waals surface area contributed by atoms with E-state index in [2.05, 4.69) is 155 Å². The van der Waals surface area contributed by atoms with E-state index in [9.17, 15) is 0 Å². The molecule has 51 heavy (non-hydrogen) atoms. The number of nitrogens with one attached hydrogen (secondary N) is 3. The van der Waals surface area contributed by atoms with E-state index >= 15 is 0 Å². The van der Waals surface area contributed by atoms with Gasteiger partial charge in [-0.25, -0.2) is 0 Å². The zero-order chi connectivity index (χ0) is 33.5. The zero-order valence-corrected chi connectivity index (χ0v) is 28.2. The molecule has 7 aromatic carbocycles. The predicted octanol–water partition coefficient (Wildman–Crippen LogP) is 11.7. The van der Waals surface area contributed by atoms with Crippen molar-refractivity contribution in [1.82, 2.24) is 16.0 Å². The minimum Gasteiger partial charge on any atom is -0.456 e. The topological polar surface area (TPSA) is 62.4 Å². The molecule has 3 unspecified atom stereocenters. The first-order valence-corrected chi connectivity index (χ1v) is 18.2. The SMILES string of the molecule is c1ccc(C2NC(c3ccc4c(c3)oc3cccc(-c5cccc6c5sc5ccccc56)c34)NC(c3cccc4c3oc3ccccc34)N2)cc1. The molecular formula is C45H31N3O2S. The Morgan fingerprint density at radius 3 is 2.04 bits per heavy atom. The van der Waals surface area contributed by atoms with Crippen molar-refractivity contribution in [2.75, 3.05) is 0 Å². The lowest BCUT2D eigenvalue weighted by molar-refractivity contribution is 0.203. The van der Waals surface area contributed by atoms with Crippen molar-refractivity contribution in [3.63, 3.8) is 0 Å². The number of fused-ring (bicyclic) bond motifs is 9. The third kappa shape index (κ3) is 4.58. The van der Waals surface area contributed by atoms with Gasteiger partial charge in [0.15, 0.2) is 0 Å². The van der Waals surface area contributed by atoms with Gasteiger partial charge in [-0.15, -0.1) is 11.3 Å². The molecule has 3 N–H and O–H groups in total. The van der Waals surface area contributed by atoms with E-state index in [-0.39, 0.29) is 18.5 Å². The summed E-state index contributed by atoms with van der Waals surface area (Å²) in [4.78, 5) is 0. The van der Waals surface area contributed by atoms with E-state index in [1.165, 1.54) is 31.3 Å². The molecule has 1 aliphatic heterocycles. The summed E-state index contributed by atoms with van der Waals surface area (Å²) in [6.07, 6.45) is -0.474. The Bertz CT molecular complexity index is 2940. The van der Waals surface area contributed by atoms with Crippen LogP contribution in [0.3, 0.4) is 0 Å². The molecule has 6 heteroatoms. The Hall–Kier alpha value is -5.76. The van der Waals surface area contributed by atoms with E-state index in [1.54, 1.807) is 0 Å². The third-order valence-electron chi connectivity index (χ3n) is 10.4. The summed E-state index contributed by atoms with van der Waals surface area (Å²) in [5.74, 6) is 0. The lowest BCUT2D eigenvalue weighted by Gasteiger charge is -2.39. The van der Waals surface area contributed by atoms with Crippen LogP contribution in [0.4, 0.5) is 0 Å². The highest BCUT2D eigenvalue weighted by Crippen LogP contribution is 2.44. The van der Waals surface area contributed by atoms with Crippen molar-refractivity contribution < 1.29 is 8.83 Å². The minimum absolute atomic E-state index is 0.109. The Morgan fingerprint density at radius 1 is 0.431 bits per heavy atom. The van der Waals surface area contributed by atoms with Crippen molar-refractivity contribution in [1.29, 1.82) is 0 Å². The highest BCUT2D eigenvalue weighted by molar-refractivity contribution is 7.26. The largest absolute Gasteiger partial charge is 0.456 e. The Kier molecular flexibility index (Phi) is 6.48. The summed E-state index contributed by atoms with van der Waals surface area (Å²) in [5.41, 5.74) is 9.30. The molecule has 0 spiro atoms. The van der Waals surface area contributed by atoms with Gasteiger partial charge >= 0.3 is 0 Å². The average molecular weight is 678 g/mol. The second-order valence-corrected chi connectivity index (χ2v) is 14.4. The van der Waals surface area contributed by atoms with Gasteiger partial charge in [-0.1, -0.05) is 127 Å². The van der Waals surface area contributed by atoms with Gasteiger partial charge in [0.05, 0.1) is 18.5 Å². The Morgan fingerprint density at radius 2 is 1.12 bits per heavy atom. The maximum absolute atomic E-state index is 6.65. The van der Waals surface area contributed by atoms with Crippen LogP contribution in [0.2, 0.25) is 0 Å². The summed E-state index contributed by atoms with van der Waals surface area (Å²) in [6, 6.07) is 53.6. The number of furan rings is 2. The van der Waals surface area contributed by atoms with Crippen LogP contribution in [-0.4, -0.2) is 0 Å². The van der Waals surface area contributed by atoms with Crippen molar-refractivity contribution in [3.8, 4) is 11.1 Å². The Labute approximate surface area is 297 Å². The maximum atomic E-state index is 6.65. The molecule has 3 atom stereocenters. The summed E-state index contributed by atoms with van der Waals surface area (Å²) in [5, 5.41) is 18.6. The maximum Gasteiger partial charge on any atom is 0.141 e. The van der Waals surface area contributed by atoms with Gasteiger partial charge in [-0.2, -0.15) is 0 Å². The smallest absolute Gasteiger partial charge is 0.141 e. The average Bonchev–Trinajstić information content (AvgIpc) is 3.89. The molecule has 5 nitrogen and oxygen atoms in total. The van der Waals surface area contributed by atoms with E-state index in [1.807, 2.05) is 23.5 Å². The van der Waals surface area contributed by atoms with Gasteiger partial charge in [0.1, 0.15) is 22.3 Å². The zero-order valence-electron chi connectivity index (χ0n) is 27.4. The molecule has 10 aromatic rings. The summed E-state index contributed by atoms with van der Waals surface area (Å²) in [7, 11) is 0. The van der Waals surface area contributed by atoms with Crippen LogP contribution in [0.15, 0.2) is 160 Å². The highest BCUT2D eigenvalue weighted by Gasteiger charge is 2.32. The van der Waals surface area contributed by atoms with Crippen molar-refractivity contribution in [3.05, 3.63) is 168 Å². The second kappa shape index (κ2) is 11.4. The number of para-hydroxylation sites is 2. The van der Waals surface area contributed by atoms with E-state index in [4.69, 9.17) is 8.83 Å². The van der Waals surface area contributed by atoms with Crippen molar-refractivity contribution in [2.45, 2.75) is 18.5 Å². The number of hydrogen-bond donors (Lipinski definition) is 3. The fourth-order valence-electron chi connectivity index (χ4n) is 8.06. The third-order valence-corrected chi connectivity index (χ3v) is 11.6. The fraction of sp³-hybridized carbons (Fsp3) is 0.0667. The normalized spacial score (nSPS) is 18.2. The molecule has 0 aliphatic carbocycles. The first kappa shape index (κ1) is 29.0. The predicted molar refractivity (Wildman–Crippen MR) is 210 cm³/mol. The van der Waals surface area contributed by atoms with E-state index in [0.29, 0.717) is 0 Å². The molecule has 244 valence electrons. The van der Waals surface area contributed by atoms with E-state index in [0.717, 1.165) is 60.6 Å². The molecular weight excluding hydrogens is 647 g/mol. The van der Waals surface area contributed by atoms with Crippen molar-refractivity contribution >= 4 is 75.4 Å². The van der Waals surface area contributed by atoms with Crippen LogP contribution in [-0.2, 0) is 0 Å². The van der Waals surface area contributed by atoms with Gasteiger partial charge in [-0.05, 0) is 41.0 Å². The fourth-order valence-corrected chi connectivity index (χ4v) is 9.29. The van der Waals surface area contributed by atoms with Crippen LogP contribution in [0.5, 0.6) is 0 Å². The summed E-state index contributed by atoms with van der Waals surface area (Å²) < 4.78 is 15.7. The molecule has 4 heterocycles. The summed E-state index contributed by atoms with van der Waals surface area (Å²) in [6.45, 7) is 0. The van der Waals surface area contributed by atoms with Crippen LogP contribution < -0.4 is 16.0 Å². The standard InChI is InChI=1S/C45H31N3O2S/c1-2-11-26(12-3-1)43-46-44(48-45(47-43)35-19-8-16-31-28-13-4-6-20-36(28)50-41(31)35)27-23-24-34-38(25-27)49-37-21-10-15-30(40(34)37)33-18-9-17-32-29-14-5-7-22-39(29)51-42(32)33/h1-25,43-48H. The molecule has 0 radical (unpaired) electrons. The molecule has 0 bridgehead atoms. The molecule has 1 fully saturated rings. The molecule has 11 rings (SSSR count). The minimum atomic E-state index is -0.189. The van der Waals surface area contributed by atoms with Gasteiger partial charge < -0.3 is 8.83 Å². The quantitative estimate of drug-likeness (QED) is 0.173. The molecule has 0 amide bonds. The lowest BCUT2D eigenvalue weighted by atomic mass is 9.97. The van der Waals surface area contributed by atoms with Crippen LogP contribution >= 0.6 is 11.3 Å². The van der Waals surface area contributed by atoms with Crippen molar-refractivity contribution in [2.24, 2.45) is 0 Å². The monoisotopic (exact) mass is 677 g/mol. The molecule has 1 aliphatic rings. The Balaban J connectivity index is 1.03. The molecule has 0 saturated carbocycles. The molecule has 3 aromatic heterocycles. The van der Waals surface area contributed by atoms with Crippen LogP contribution in [0.25, 0.3) is 75.2 Å². The molecule has 1 saturated heterocycles. The highest BCUT2D eigenvalue weighted by atomic mass is 32.1. The number of rotatable bonds is 4. The number of hydrogen-bond acceptors (Lipinski definition) is 6. The van der Waals surface area contributed by atoms with Gasteiger partial charge in [-0.3, -0.25) is 16.0 Å². The van der Waals surface area contributed by atoms with Gasteiger partial charge in [0.25, 0.3) is 0 Å². The lowest BCUT2D eigenvalue weighted by Crippen LogP contribution is -2.54. The number of benzene rings is 7. The van der Waals surface area contributed by atoms with Crippen LogP contribution in [0.1, 0.15) is 35.2 Å². The first-order chi connectivity index (χ1) is 25.3. The van der Waals surface area contributed by atoms with E-state index < -0.39 is 0 Å². The second-order valence-electron chi connectivity index (χ2n) is 13.3. The van der Waals surface area contributed by atoms with Gasteiger partial charge in [0.2, 0.25) is 0 Å².